The van der Waals surface area contributed by atoms with Gasteiger partial charge in [0.05, 0.1) is 23.7 Å². The second kappa shape index (κ2) is 9.16. The van der Waals surface area contributed by atoms with Crippen LogP contribution in [0.25, 0.3) is 11.0 Å². The summed E-state index contributed by atoms with van der Waals surface area (Å²) in [5.74, 6) is 0.00154. The van der Waals surface area contributed by atoms with E-state index in [0.717, 1.165) is 29.8 Å². The molecule has 3 aromatic rings. The number of pyridine rings is 2. The normalized spacial score (nSPS) is 13.7. The summed E-state index contributed by atoms with van der Waals surface area (Å²) < 4.78 is 1.66. The van der Waals surface area contributed by atoms with E-state index in [1.54, 1.807) is 10.9 Å². The summed E-state index contributed by atoms with van der Waals surface area (Å²) in [7, 11) is 0. The van der Waals surface area contributed by atoms with Crippen LogP contribution < -0.4 is 10.9 Å². The molecule has 3 heterocycles. The molecule has 2 amide bonds. The summed E-state index contributed by atoms with van der Waals surface area (Å²) in [6.07, 6.45) is 2.63. The molecule has 3 aromatic heterocycles. The van der Waals surface area contributed by atoms with E-state index in [1.165, 1.54) is 4.90 Å². The van der Waals surface area contributed by atoms with Gasteiger partial charge in [-0.3, -0.25) is 9.59 Å². The first-order chi connectivity index (χ1) is 16.5. The smallest absolute Gasteiger partial charge is 0.407 e. The Balaban J connectivity index is 1.62. The lowest BCUT2D eigenvalue weighted by Crippen LogP contribution is -2.46. The van der Waals surface area contributed by atoms with Crippen molar-refractivity contribution in [1.29, 1.82) is 0 Å². The first kappa shape index (κ1) is 24.4. The molecule has 0 aromatic carbocycles. The number of carbonyl (C=O) groups excluding carboxylic acids is 1. The molecule has 0 unspecified atom stereocenters. The van der Waals surface area contributed by atoms with Crippen LogP contribution in [0.3, 0.4) is 0 Å². The number of aryl methyl sites for hydroxylation is 2. The van der Waals surface area contributed by atoms with Crippen molar-refractivity contribution in [2.24, 2.45) is 0 Å². The number of hydrogen-bond donors (Lipinski definition) is 3. The lowest BCUT2D eigenvalue weighted by atomic mass is 10.1. The maximum atomic E-state index is 13.2. The summed E-state index contributed by atoms with van der Waals surface area (Å²) in [6, 6.07) is 3.69. The zero-order chi connectivity index (χ0) is 25.5. The fourth-order valence-electron chi connectivity index (χ4n) is 4.28. The molecule has 0 radical (unpaired) electrons. The van der Waals surface area contributed by atoms with Gasteiger partial charge in [0.15, 0.2) is 5.65 Å². The van der Waals surface area contributed by atoms with E-state index in [0.29, 0.717) is 34.6 Å². The van der Waals surface area contributed by atoms with E-state index in [-0.39, 0.29) is 24.6 Å². The number of hydrogen-bond acceptors (Lipinski definition) is 5. The van der Waals surface area contributed by atoms with Gasteiger partial charge in [0.1, 0.15) is 0 Å². The van der Waals surface area contributed by atoms with Crippen molar-refractivity contribution in [3.63, 3.8) is 0 Å². The van der Waals surface area contributed by atoms with Crippen molar-refractivity contribution in [3.05, 3.63) is 56.8 Å². The third kappa shape index (κ3) is 5.21. The highest BCUT2D eigenvalue weighted by atomic mass is 16.4. The van der Waals surface area contributed by atoms with Gasteiger partial charge in [-0.1, -0.05) is 0 Å². The van der Waals surface area contributed by atoms with E-state index < -0.39 is 11.6 Å². The fourth-order valence-corrected chi connectivity index (χ4v) is 4.28. The second-order valence-corrected chi connectivity index (χ2v) is 10.2. The monoisotopic (exact) mass is 480 g/mol. The third-order valence-electron chi connectivity index (χ3n) is 6.36. The van der Waals surface area contributed by atoms with Crippen molar-refractivity contribution in [1.82, 2.24) is 30.0 Å². The van der Waals surface area contributed by atoms with Gasteiger partial charge in [0, 0.05) is 41.5 Å². The minimum atomic E-state index is -0.998. The number of amides is 2. The Morgan fingerprint density at radius 1 is 1.26 bits per heavy atom. The molecular weight excluding hydrogens is 448 g/mol. The summed E-state index contributed by atoms with van der Waals surface area (Å²) in [5, 5.41) is 17.5. The molecule has 35 heavy (non-hydrogen) atoms. The van der Waals surface area contributed by atoms with Gasteiger partial charge in [-0.05, 0) is 65.2 Å². The number of carbonyl (C=O) groups is 2. The molecule has 0 aliphatic heterocycles. The molecule has 10 heteroatoms. The standard InChI is InChI=1S/C25H32N6O4/c1-14-10-15(2)28-23(33)18(14)12-26-22(32)17-11-20(16-6-7-16)29-21-19(17)13-27-31(21)9-8-30(24(34)35)25(3,4)5/h10-11,13,16H,6-9,12H2,1-5H3,(H,26,32)(H,28,33)(H,34,35). The van der Waals surface area contributed by atoms with Crippen LogP contribution in [0.15, 0.2) is 23.1 Å². The third-order valence-corrected chi connectivity index (χ3v) is 6.36. The van der Waals surface area contributed by atoms with Crippen LogP contribution in [0, 0.1) is 13.8 Å². The Morgan fingerprint density at radius 3 is 2.57 bits per heavy atom. The summed E-state index contributed by atoms with van der Waals surface area (Å²) in [4.78, 5) is 46.2. The fraction of sp³-hybridized carbons (Fsp3) is 0.480. The van der Waals surface area contributed by atoms with Crippen LogP contribution >= 0.6 is 0 Å². The SMILES string of the molecule is Cc1cc(C)c(CNC(=O)c2cc(C3CC3)nc3c2cnn3CCN(C(=O)O)C(C)(C)C)c(=O)[nH]1. The summed E-state index contributed by atoms with van der Waals surface area (Å²) in [5.41, 5.74) is 3.18. The van der Waals surface area contributed by atoms with Gasteiger partial charge in [0.2, 0.25) is 0 Å². The lowest BCUT2D eigenvalue weighted by Gasteiger charge is -2.33. The Kier molecular flexibility index (Phi) is 6.40. The van der Waals surface area contributed by atoms with Crippen LogP contribution in [-0.4, -0.2) is 53.8 Å². The zero-order valence-corrected chi connectivity index (χ0v) is 20.8. The zero-order valence-electron chi connectivity index (χ0n) is 20.8. The average Bonchev–Trinajstić information content (AvgIpc) is 3.52. The van der Waals surface area contributed by atoms with Crippen molar-refractivity contribution in [3.8, 4) is 0 Å². The average molecular weight is 481 g/mol. The molecule has 4 rings (SSSR count). The van der Waals surface area contributed by atoms with Crippen LogP contribution in [0.2, 0.25) is 0 Å². The minimum Gasteiger partial charge on any atom is -0.465 e. The molecule has 10 nitrogen and oxygen atoms in total. The number of rotatable bonds is 7. The molecule has 1 aliphatic rings. The maximum absolute atomic E-state index is 13.2. The van der Waals surface area contributed by atoms with E-state index >= 15 is 0 Å². The molecule has 0 atom stereocenters. The van der Waals surface area contributed by atoms with Crippen LogP contribution in [0.4, 0.5) is 4.79 Å². The van der Waals surface area contributed by atoms with Crippen molar-refractivity contribution in [2.45, 2.75) is 72.0 Å². The highest BCUT2D eigenvalue weighted by molar-refractivity contribution is 6.05. The number of aromatic nitrogens is 4. The minimum absolute atomic E-state index is 0.107. The molecule has 0 spiro atoms. The predicted molar refractivity (Wildman–Crippen MR) is 132 cm³/mol. The molecule has 3 N–H and O–H groups in total. The first-order valence-corrected chi connectivity index (χ1v) is 11.8. The van der Waals surface area contributed by atoms with Gasteiger partial charge < -0.3 is 20.3 Å². The van der Waals surface area contributed by atoms with E-state index in [4.69, 9.17) is 4.98 Å². The van der Waals surface area contributed by atoms with E-state index in [9.17, 15) is 19.5 Å². The Morgan fingerprint density at radius 2 is 1.97 bits per heavy atom. The van der Waals surface area contributed by atoms with Crippen molar-refractivity contribution in [2.75, 3.05) is 6.54 Å². The van der Waals surface area contributed by atoms with Crippen LogP contribution in [-0.2, 0) is 13.1 Å². The molecule has 1 fully saturated rings. The number of nitrogens with zero attached hydrogens (tertiary/aromatic N) is 4. The van der Waals surface area contributed by atoms with Crippen LogP contribution in [0.5, 0.6) is 0 Å². The number of carboxylic acid groups (broad SMARTS) is 1. The van der Waals surface area contributed by atoms with E-state index in [1.807, 2.05) is 46.8 Å². The number of aromatic amines is 1. The molecule has 186 valence electrons. The maximum Gasteiger partial charge on any atom is 0.407 e. The Bertz CT molecular complexity index is 1350. The van der Waals surface area contributed by atoms with E-state index in [2.05, 4.69) is 15.4 Å². The molecule has 1 aliphatic carbocycles. The number of nitrogens with one attached hydrogen (secondary N) is 2. The molecule has 1 saturated carbocycles. The largest absolute Gasteiger partial charge is 0.465 e. The van der Waals surface area contributed by atoms with Gasteiger partial charge in [-0.15, -0.1) is 0 Å². The predicted octanol–water partition coefficient (Wildman–Crippen LogP) is 3.32. The Hall–Kier alpha value is -3.69. The van der Waals surface area contributed by atoms with Crippen molar-refractivity contribution >= 4 is 23.0 Å². The molecular formula is C25H32N6O4. The highest BCUT2D eigenvalue weighted by Crippen LogP contribution is 2.40. The summed E-state index contributed by atoms with van der Waals surface area (Å²) in [6.45, 7) is 9.85. The molecule has 0 saturated heterocycles. The topological polar surface area (TPSA) is 133 Å². The highest BCUT2D eigenvalue weighted by Gasteiger charge is 2.29. The van der Waals surface area contributed by atoms with Gasteiger partial charge in [0.25, 0.3) is 11.5 Å². The summed E-state index contributed by atoms with van der Waals surface area (Å²) >= 11 is 0. The van der Waals surface area contributed by atoms with Crippen molar-refractivity contribution < 1.29 is 14.7 Å². The number of H-pyrrole nitrogens is 1. The second-order valence-electron chi connectivity index (χ2n) is 10.2. The number of fused-ring (bicyclic) bond motifs is 1. The Labute approximate surface area is 203 Å². The lowest BCUT2D eigenvalue weighted by molar-refractivity contribution is 0.0949. The van der Waals surface area contributed by atoms with Crippen LogP contribution in [0.1, 0.15) is 72.4 Å². The van der Waals surface area contributed by atoms with Gasteiger partial charge >= 0.3 is 6.09 Å². The van der Waals surface area contributed by atoms with Gasteiger partial charge in [-0.25, -0.2) is 14.5 Å². The van der Waals surface area contributed by atoms with Gasteiger partial charge in [-0.2, -0.15) is 5.10 Å². The quantitative estimate of drug-likeness (QED) is 0.475. The molecule has 0 bridgehead atoms. The first-order valence-electron chi connectivity index (χ1n) is 11.8.